The average molecular weight is 507 g/mol. The quantitative estimate of drug-likeness (QED) is 0.371. The molecule has 0 aliphatic rings. The van der Waals surface area contributed by atoms with Crippen LogP contribution in [0.15, 0.2) is 53.6 Å². The van der Waals surface area contributed by atoms with E-state index in [4.69, 9.17) is 16.3 Å². The molecule has 3 aromatic rings. The third-order valence-electron chi connectivity index (χ3n) is 5.07. The van der Waals surface area contributed by atoms with Crippen LogP contribution in [0.4, 0.5) is 10.1 Å². The Morgan fingerprint density at radius 1 is 1.24 bits per heavy atom. The maximum absolute atomic E-state index is 14.2. The molecule has 0 saturated heterocycles. The molecule has 3 rings (SSSR count). The second kappa shape index (κ2) is 10.3. The zero-order valence-electron chi connectivity index (χ0n) is 19.0. The average Bonchev–Trinajstić information content (AvgIpc) is 3.04. The lowest BCUT2D eigenvalue weighted by Gasteiger charge is -2.21. The number of nitrogens with one attached hydrogen (secondary N) is 1. The first-order chi connectivity index (χ1) is 16.0. The van der Waals surface area contributed by atoms with Crippen LogP contribution in [0.3, 0.4) is 0 Å². The predicted molar refractivity (Wildman–Crippen MR) is 131 cm³/mol. The van der Waals surface area contributed by atoms with Crippen LogP contribution in [0.25, 0.3) is 5.69 Å². The van der Waals surface area contributed by atoms with E-state index < -0.39 is 22.5 Å². The smallest absolute Gasteiger partial charge is 0.260 e. The van der Waals surface area contributed by atoms with E-state index in [0.717, 1.165) is 21.9 Å². The Bertz CT molecular complexity index is 1350. The van der Waals surface area contributed by atoms with E-state index in [2.05, 4.69) is 10.5 Å². The van der Waals surface area contributed by atoms with Crippen molar-refractivity contribution in [2.45, 2.75) is 13.8 Å². The number of ether oxygens (including phenoxy) is 1. The molecule has 11 heteroatoms. The first-order valence-corrected chi connectivity index (χ1v) is 12.3. The first-order valence-electron chi connectivity index (χ1n) is 10.1. The van der Waals surface area contributed by atoms with Gasteiger partial charge in [-0.25, -0.2) is 18.2 Å². The predicted octanol–water partition coefficient (Wildman–Crippen LogP) is 3.81. The summed E-state index contributed by atoms with van der Waals surface area (Å²) >= 11 is 6.10. The summed E-state index contributed by atoms with van der Waals surface area (Å²) in [7, 11) is -2.35. The summed E-state index contributed by atoms with van der Waals surface area (Å²) in [5.74, 6) is -0.641. The standard InChI is InChI=1S/C23H24ClFN4O4S/c1-15-11-17(16(2)29(15)21-8-6-5-7-20(21)25)13-26-27-23(30)14-28(34(4,31)32)18-9-10-22(33-3)19(24)12-18/h5-13H,14H2,1-4H3,(H,27,30)/b26-13-. The lowest BCUT2D eigenvalue weighted by atomic mass is 10.2. The van der Waals surface area contributed by atoms with Crippen molar-refractivity contribution in [3.05, 3.63) is 76.3 Å². The van der Waals surface area contributed by atoms with Gasteiger partial charge in [0.05, 0.1) is 36.0 Å². The van der Waals surface area contributed by atoms with Crippen molar-refractivity contribution in [3.63, 3.8) is 0 Å². The molecule has 0 bridgehead atoms. The summed E-state index contributed by atoms with van der Waals surface area (Å²) in [5, 5.41) is 4.15. The third-order valence-corrected chi connectivity index (χ3v) is 6.50. The molecule has 8 nitrogen and oxygen atoms in total. The first kappa shape index (κ1) is 25.3. The van der Waals surface area contributed by atoms with Gasteiger partial charge in [0.1, 0.15) is 18.1 Å². The van der Waals surface area contributed by atoms with Crippen molar-refractivity contribution < 1.29 is 22.3 Å². The van der Waals surface area contributed by atoms with E-state index in [-0.39, 0.29) is 16.5 Å². The highest BCUT2D eigenvalue weighted by molar-refractivity contribution is 7.92. The van der Waals surface area contributed by atoms with Crippen molar-refractivity contribution in [1.29, 1.82) is 0 Å². The zero-order valence-corrected chi connectivity index (χ0v) is 20.6. The Balaban J connectivity index is 1.76. The molecule has 0 radical (unpaired) electrons. The van der Waals surface area contributed by atoms with Crippen LogP contribution in [0.1, 0.15) is 17.0 Å². The number of carbonyl (C=O) groups is 1. The SMILES string of the molecule is COc1ccc(N(CC(=O)N/N=C\c2cc(C)n(-c3ccccc3F)c2C)S(C)(=O)=O)cc1Cl. The van der Waals surface area contributed by atoms with Gasteiger partial charge in [-0.2, -0.15) is 5.10 Å². The van der Waals surface area contributed by atoms with Gasteiger partial charge in [0, 0.05) is 17.0 Å². The minimum absolute atomic E-state index is 0.206. The fourth-order valence-corrected chi connectivity index (χ4v) is 4.57. The molecule has 0 unspecified atom stereocenters. The number of aryl methyl sites for hydroxylation is 1. The lowest BCUT2D eigenvalue weighted by molar-refractivity contribution is -0.119. The van der Waals surface area contributed by atoms with E-state index >= 15 is 0 Å². The number of nitrogens with zero attached hydrogens (tertiary/aromatic N) is 3. The second-order valence-corrected chi connectivity index (χ2v) is 9.81. The van der Waals surface area contributed by atoms with Crippen LogP contribution >= 0.6 is 11.6 Å². The number of hydrazone groups is 1. The van der Waals surface area contributed by atoms with Crippen LogP contribution in [-0.4, -0.2) is 45.0 Å². The van der Waals surface area contributed by atoms with Gasteiger partial charge in [-0.05, 0) is 50.2 Å². The Hall–Kier alpha value is -3.37. The maximum atomic E-state index is 14.2. The highest BCUT2D eigenvalue weighted by Crippen LogP contribution is 2.30. The minimum atomic E-state index is -3.79. The summed E-state index contributed by atoms with van der Waals surface area (Å²) in [6.45, 7) is 3.13. The van der Waals surface area contributed by atoms with E-state index in [9.17, 15) is 17.6 Å². The molecule has 1 aromatic heterocycles. The van der Waals surface area contributed by atoms with Crippen molar-refractivity contribution in [3.8, 4) is 11.4 Å². The lowest BCUT2D eigenvalue weighted by Crippen LogP contribution is -2.39. The van der Waals surface area contributed by atoms with Crippen LogP contribution in [-0.2, 0) is 14.8 Å². The molecule has 0 spiro atoms. The van der Waals surface area contributed by atoms with E-state index in [1.807, 2.05) is 6.92 Å². The minimum Gasteiger partial charge on any atom is -0.495 e. The summed E-state index contributed by atoms with van der Waals surface area (Å²) < 4.78 is 46.5. The second-order valence-electron chi connectivity index (χ2n) is 7.49. The number of halogens is 2. The molecule has 0 aliphatic heterocycles. The molecule has 0 saturated carbocycles. The monoisotopic (exact) mass is 506 g/mol. The number of para-hydroxylation sites is 1. The zero-order chi connectivity index (χ0) is 25.0. The van der Waals surface area contributed by atoms with E-state index in [0.29, 0.717) is 17.0 Å². The number of aromatic nitrogens is 1. The van der Waals surface area contributed by atoms with Crippen LogP contribution < -0.4 is 14.5 Å². The number of amides is 1. The molecule has 2 aromatic carbocycles. The Labute approximate surface area is 202 Å². The molecular weight excluding hydrogens is 483 g/mol. The highest BCUT2D eigenvalue weighted by Gasteiger charge is 2.22. The maximum Gasteiger partial charge on any atom is 0.260 e. The van der Waals surface area contributed by atoms with Gasteiger partial charge in [0.15, 0.2) is 0 Å². The van der Waals surface area contributed by atoms with Gasteiger partial charge >= 0.3 is 0 Å². The molecule has 180 valence electrons. The van der Waals surface area contributed by atoms with Gasteiger partial charge in [0.25, 0.3) is 5.91 Å². The number of hydrogen-bond acceptors (Lipinski definition) is 5. The van der Waals surface area contributed by atoms with Crippen LogP contribution in [0.2, 0.25) is 5.02 Å². The van der Waals surface area contributed by atoms with E-state index in [1.54, 1.807) is 35.8 Å². The molecule has 0 fully saturated rings. The number of rotatable bonds is 8. The molecular formula is C23H24ClFN4O4S. The normalized spacial score (nSPS) is 11.6. The highest BCUT2D eigenvalue weighted by atomic mass is 35.5. The number of sulfonamides is 1. The van der Waals surface area contributed by atoms with Crippen molar-refractivity contribution in [1.82, 2.24) is 9.99 Å². The summed E-state index contributed by atoms with van der Waals surface area (Å²) in [6.07, 6.45) is 2.41. The van der Waals surface area contributed by atoms with Crippen LogP contribution in [0.5, 0.6) is 5.75 Å². The van der Waals surface area contributed by atoms with Crippen molar-refractivity contribution in [2.24, 2.45) is 5.10 Å². The van der Waals surface area contributed by atoms with Crippen LogP contribution in [0, 0.1) is 19.7 Å². The topological polar surface area (TPSA) is 93.0 Å². The molecule has 1 N–H and O–H groups in total. The van der Waals surface area contributed by atoms with Gasteiger partial charge in [-0.3, -0.25) is 9.10 Å². The molecule has 34 heavy (non-hydrogen) atoms. The van der Waals surface area contributed by atoms with Gasteiger partial charge in [-0.1, -0.05) is 23.7 Å². The number of carbonyl (C=O) groups excluding carboxylic acids is 1. The number of benzene rings is 2. The molecule has 0 atom stereocenters. The van der Waals surface area contributed by atoms with Gasteiger partial charge in [-0.15, -0.1) is 0 Å². The molecule has 1 heterocycles. The summed E-state index contributed by atoms with van der Waals surface area (Å²) in [5.41, 5.74) is 5.13. The Kier molecular flexibility index (Phi) is 7.63. The molecule has 1 amide bonds. The van der Waals surface area contributed by atoms with Crippen molar-refractivity contribution in [2.75, 3.05) is 24.2 Å². The van der Waals surface area contributed by atoms with Gasteiger partial charge in [0.2, 0.25) is 10.0 Å². The summed E-state index contributed by atoms with van der Waals surface area (Å²) in [6, 6.07) is 12.6. The fourth-order valence-electron chi connectivity index (χ4n) is 3.47. The number of methoxy groups -OCH3 is 1. The Morgan fingerprint density at radius 3 is 2.56 bits per heavy atom. The van der Waals surface area contributed by atoms with Crippen molar-refractivity contribution >= 4 is 39.4 Å². The number of hydrogen-bond donors (Lipinski definition) is 1. The van der Waals surface area contributed by atoms with Gasteiger partial charge < -0.3 is 9.30 Å². The Morgan fingerprint density at radius 2 is 1.94 bits per heavy atom. The fraction of sp³-hybridized carbons (Fsp3) is 0.217. The number of anilines is 1. The largest absolute Gasteiger partial charge is 0.495 e. The summed E-state index contributed by atoms with van der Waals surface area (Å²) in [4.78, 5) is 12.5. The molecule has 0 aliphatic carbocycles. The third kappa shape index (κ3) is 5.57. The van der Waals surface area contributed by atoms with E-state index in [1.165, 1.54) is 37.6 Å².